The number of fused-ring (bicyclic) bond motifs is 1. The Bertz CT molecular complexity index is 901. The maximum atomic E-state index is 12.9. The van der Waals surface area contributed by atoms with E-state index in [1.165, 1.54) is 24.3 Å². The molecular formula is C19H17FN2O5. The molecule has 27 heavy (non-hydrogen) atoms. The third-order valence-electron chi connectivity index (χ3n) is 4.62. The van der Waals surface area contributed by atoms with Crippen LogP contribution in [-0.2, 0) is 10.3 Å². The summed E-state index contributed by atoms with van der Waals surface area (Å²) >= 11 is 0. The van der Waals surface area contributed by atoms with Gasteiger partial charge in [0, 0.05) is 0 Å². The Hall–Kier alpha value is -3.29. The van der Waals surface area contributed by atoms with Crippen molar-refractivity contribution in [3.8, 4) is 17.2 Å². The monoisotopic (exact) mass is 372 g/mol. The van der Waals surface area contributed by atoms with Crippen LogP contribution in [0.3, 0.4) is 0 Å². The van der Waals surface area contributed by atoms with Gasteiger partial charge in [0.2, 0.25) is 6.79 Å². The highest BCUT2D eigenvalue weighted by Crippen LogP contribution is 2.37. The Morgan fingerprint density at radius 3 is 2.67 bits per heavy atom. The van der Waals surface area contributed by atoms with E-state index in [4.69, 9.17) is 14.2 Å². The zero-order valence-electron chi connectivity index (χ0n) is 14.5. The molecule has 0 aromatic heterocycles. The Labute approximate surface area is 154 Å². The number of carbonyl (C=O) groups is 2. The fourth-order valence-electron chi connectivity index (χ4n) is 3.09. The molecule has 7 nitrogen and oxygen atoms in total. The van der Waals surface area contributed by atoms with E-state index in [-0.39, 0.29) is 31.7 Å². The molecule has 4 rings (SSSR count). The lowest BCUT2D eigenvalue weighted by Gasteiger charge is -2.22. The number of imide groups is 1. The molecule has 1 saturated heterocycles. The van der Waals surface area contributed by atoms with Crippen molar-refractivity contribution in [2.45, 2.75) is 12.5 Å². The predicted molar refractivity (Wildman–Crippen MR) is 92.1 cm³/mol. The van der Waals surface area contributed by atoms with E-state index in [0.717, 1.165) is 4.90 Å². The minimum Gasteiger partial charge on any atom is -0.492 e. The van der Waals surface area contributed by atoms with Gasteiger partial charge in [-0.15, -0.1) is 0 Å². The summed E-state index contributed by atoms with van der Waals surface area (Å²) < 4.78 is 29.0. The van der Waals surface area contributed by atoms with Crippen LogP contribution in [0.25, 0.3) is 0 Å². The van der Waals surface area contributed by atoms with Crippen molar-refractivity contribution in [3.63, 3.8) is 0 Å². The van der Waals surface area contributed by atoms with Gasteiger partial charge in [-0.3, -0.25) is 9.69 Å². The zero-order valence-corrected chi connectivity index (χ0v) is 14.5. The van der Waals surface area contributed by atoms with E-state index in [0.29, 0.717) is 22.8 Å². The van der Waals surface area contributed by atoms with Crippen LogP contribution in [0.1, 0.15) is 12.5 Å². The van der Waals surface area contributed by atoms with E-state index in [1.54, 1.807) is 25.1 Å². The number of carbonyl (C=O) groups excluding carboxylic acids is 2. The molecule has 0 aliphatic carbocycles. The average molecular weight is 372 g/mol. The molecule has 2 heterocycles. The van der Waals surface area contributed by atoms with Gasteiger partial charge in [-0.2, -0.15) is 0 Å². The molecule has 2 aromatic rings. The van der Waals surface area contributed by atoms with Crippen LogP contribution < -0.4 is 19.5 Å². The van der Waals surface area contributed by atoms with Gasteiger partial charge < -0.3 is 19.5 Å². The van der Waals surface area contributed by atoms with Crippen molar-refractivity contribution in [3.05, 3.63) is 53.8 Å². The standard InChI is InChI=1S/C19H17FN2O5/c1-19(12-2-7-15-16(10-12)27-11-26-15)17(23)22(18(24)21-19)8-9-25-14-5-3-13(20)4-6-14/h2-7,10H,8-9,11H2,1H3,(H,21,24)/t19-/m0/s1. The summed E-state index contributed by atoms with van der Waals surface area (Å²) in [6.07, 6.45) is 0. The summed E-state index contributed by atoms with van der Waals surface area (Å²) in [6, 6.07) is 10.2. The SMILES string of the molecule is C[C@@]1(c2ccc3c(c2)OCO3)NC(=O)N(CCOc2ccc(F)cc2)C1=O. The van der Waals surface area contributed by atoms with Crippen LogP contribution in [0.2, 0.25) is 0 Å². The first-order chi connectivity index (χ1) is 13.0. The topological polar surface area (TPSA) is 77.1 Å². The molecule has 140 valence electrons. The first-order valence-electron chi connectivity index (χ1n) is 8.40. The first kappa shape index (κ1) is 17.1. The second-order valence-electron chi connectivity index (χ2n) is 6.38. The fraction of sp³-hybridized carbons (Fsp3) is 0.263. The average Bonchev–Trinajstić information content (AvgIpc) is 3.21. The minimum absolute atomic E-state index is 0.0716. The zero-order chi connectivity index (χ0) is 19.0. The largest absolute Gasteiger partial charge is 0.492 e. The van der Waals surface area contributed by atoms with Crippen LogP contribution in [0.15, 0.2) is 42.5 Å². The number of hydrogen-bond donors (Lipinski definition) is 1. The summed E-state index contributed by atoms with van der Waals surface area (Å²) in [4.78, 5) is 26.3. The molecule has 2 aliphatic heterocycles. The molecule has 0 unspecified atom stereocenters. The fourth-order valence-corrected chi connectivity index (χ4v) is 3.09. The number of benzene rings is 2. The summed E-state index contributed by atoms with van der Waals surface area (Å²) in [5.74, 6) is 0.851. The van der Waals surface area contributed by atoms with Gasteiger partial charge in [-0.1, -0.05) is 6.07 Å². The van der Waals surface area contributed by atoms with Gasteiger partial charge in [0.1, 0.15) is 23.7 Å². The first-order valence-corrected chi connectivity index (χ1v) is 8.40. The quantitative estimate of drug-likeness (QED) is 0.816. The van der Waals surface area contributed by atoms with E-state index >= 15 is 0 Å². The molecule has 0 saturated carbocycles. The Kier molecular flexibility index (Phi) is 4.10. The minimum atomic E-state index is -1.20. The molecule has 2 aromatic carbocycles. The number of rotatable bonds is 5. The van der Waals surface area contributed by atoms with Crippen molar-refractivity contribution >= 4 is 11.9 Å². The van der Waals surface area contributed by atoms with Crippen LogP contribution >= 0.6 is 0 Å². The second kappa shape index (κ2) is 6.46. The number of halogens is 1. The lowest BCUT2D eigenvalue weighted by atomic mass is 9.91. The second-order valence-corrected chi connectivity index (χ2v) is 6.38. The van der Waals surface area contributed by atoms with Crippen molar-refractivity contribution < 1.29 is 28.2 Å². The van der Waals surface area contributed by atoms with Crippen LogP contribution in [0.5, 0.6) is 17.2 Å². The van der Waals surface area contributed by atoms with Gasteiger partial charge in [-0.05, 0) is 48.9 Å². The lowest BCUT2D eigenvalue weighted by molar-refractivity contribution is -0.131. The van der Waals surface area contributed by atoms with E-state index in [9.17, 15) is 14.0 Å². The molecule has 0 radical (unpaired) electrons. The van der Waals surface area contributed by atoms with Gasteiger partial charge in [0.25, 0.3) is 5.91 Å². The highest BCUT2D eigenvalue weighted by Gasteiger charge is 2.49. The number of hydrogen-bond acceptors (Lipinski definition) is 5. The van der Waals surface area contributed by atoms with Crippen molar-refractivity contribution in [1.29, 1.82) is 0 Å². The molecule has 1 fully saturated rings. The molecule has 8 heteroatoms. The van der Waals surface area contributed by atoms with Crippen LogP contribution in [-0.4, -0.2) is 36.8 Å². The van der Waals surface area contributed by atoms with Gasteiger partial charge in [0.05, 0.1) is 6.54 Å². The number of amides is 3. The molecule has 3 amide bonds. The molecular weight excluding hydrogens is 355 g/mol. The third kappa shape index (κ3) is 3.03. The predicted octanol–water partition coefficient (Wildman–Crippen LogP) is 2.40. The van der Waals surface area contributed by atoms with E-state index < -0.39 is 11.6 Å². The smallest absolute Gasteiger partial charge is 0.325 e. The number of urea groups is 1. The highest BCUT2D eigenvalue weighted by atomic mass is 19.1. The maximum Gasteiger partial charge on any atom is 0.325 e. The molecule has 2 aliphatic rings. The summed E-state index contributed by atoms with van der Waals surface area (Å²) in [6.45, 7) is 1.94. The normalized spacial score (nSPS) is 20.7. The van der Waals surface area contributed by atoms with Crippen molar-refractivity contribution in [2.24, 2.45) is 0 Å². The molecule has 1 atom stereocenters. The third-order valence-corrected chi connectivity index (χ3v) is 4.62. The summed E-state index contributed by atoms with van der Waals surface area (Å²) in [7, 11) is 0. The van der Waals surface area contributed by atoms with Crippen LogP contribution in [0.4, 0.5) is 9.18 Å². The maximum absolute atomic E-state index is 12.9. The highest BCUT2D eigenvalue weighted by molar-refractivity contribution is 6.07. The Morgan fingerprint density at radius 2 is 1.89 bits per heavy atom. The Morgan fingerprint density at radius 1 is 1.15 bits per heavy atom. The van der Waals surface area contributed by atoms with Gasteiger partial charge in [0.15, 0.2) is 11.5 Å². The van der Waals surface area contributed by atoms with E-state index in [2.05, 4.69) is 5.32 Å². The number of ether oxygens (including phenoxy) is 3. The number of nitrogens with zero attached hydrogens (tertiary/aromatic N) is 1. The summed E-state index contributed by atoms with van der Waals surface area (Å²) in [5, 5.41) is 2.73. The molecule has 0 spiro atoms. The van der Waals surface area contributed by atoms with Crippen molar-refractivity contribution in [2.75, 3.05) is 19.9 Å². The van der Waals surface area contributed by atoms with Gasteiger partial charge in [-0.25, -0.2) is 9.18 Å². The Balaban J connectivity index is 1.45. The lowest BCUT2D eigenvalue weighted by Crippen LogP contribution is -2.41. The van der Waals surface area contributed by atoms with Gasteiger partial charge >= 0.3 is 6.03 Å². The van der Waals surface area contributed by atoms with Crippen molar-refractivity contribution in [1.82, 2.24) is 10.2 Å². The molecule has 0 bridgehead atoms. The van der Waals surface area contributed by atoms with E-state index in [1.807, 2.05) is 0 Å². The number of nitrogens with one attached hydrogen (secondary N) is 1. The summed E-state index contributed by atoms with van der Waals surface area (Å²) in [5.41, 5.74) is -0.597. The van der Waals surface area contributed by atoms with Crippen LogP contribution in [0, 0.1) is 5.82 Å². The molecule has 1 N–H and O–H groups in total.